The Morgan fingerprint density at radius 1 is 1.50 bits per heavy atom. The number of aryl methyl sites for hydroxylation is 1. The molecule has 2 rings (SSSR count). The smallest absolute Gasteiger partial charge is 0.220 e. The van der Waals surface area contributed by atoms with Crippen LogP contribution in [0, 0.1) is 12.7 Å². The van der Waals surface area contributed by atoms with E-state index >= 15 is 0 Å². The standard InChI is InChI=1S/C13H16FNO/c1-9-3-4-11(14)7-10(9)8-13(2)6-5-12(16)15-13/h3-4,7H,5-6,8H2,1-2H3,(H,15,16). The molecule has 0 saturated carbocycles. The predicted octanol–water partition coefficient (Wildman–Crippen LogP) is 2.35. The van der Waals surface area contributed by atoms with Gasteiger partial charge >= 0.3 is 0 Å². The molecule has 3 heteroatoms. The summed E-state index contributed by atoms with van der Waals surface area (Å²) in [7, 11) is 0. The summed E-state index contributed by atoms with van der Waals surface area (Å²) in [4.78, 5) is 11.2. The number of amides is 1. The third kappa shape index (κ3) is 2.23. The van der Waals surface area contributed by atoms with Gasteiger partial charge in [-0.1, -0.05) is 6.07 Å². The Morgan fingerprint density at radius 3 is 2.88 bits per heavy atom. The molecule has 1 fully saturated rings. The predicted molar refractivity (Wildman–Crippen MR) is 60.6 cm³/mol. The number of carbonyl (C=O) groups is 1. The molecule has 0 aliphatic carbocycles. The molecule has 1 atom stereocenters. The van der Waals surface area contributed by atoms with Gasteiger partial charge in [-0.2, -0.15) is 0 Å². The molecule has 16 heavy (non-hydrogen) atoms. The Bertz CT molecular complexity index is 430. The van der Waals surface area contributed by atoms with Crippen LogP contribution in [-0.2, 0) is 11.2 Å². The molecule has 1 heterocycles. The largest absolute Gasteiger partial charge is 0.351 e. The summed E-state index contributed by atoms with van der Waals surface area (Å²) in [5, 5.41) is 2.96. The molecule has 1 saturated heterocycles. The second-order valence-electron chi connectivity index (χ2n) is 4.86. The highest BCUT2D eigenvalue weighted by Gasteiger charge is 2.33. The second-order valence-corrected chi connectivity index (χ2v) is 4.86. The third-order valence-electron chi connectivity index (χ3n) is 3.24. The quantitative estimate of drug-likeness (QED) is 0.816. The molecule has 0 spiro atoms. The first-order valence-corrected chi connectivity index (χ1v) is 5.55. The molecule has 1 amide bonds. The molecule has 0 bridgehead atoms. The van der Waals surface area contributed by atoms with Crippen molar-refractivity contribution in [3.63, 3.8) is 0 Å². The number of halogens is 1. The Labute approximate surface area is 94.9 Å². The van der Waals surface area contributed by atoms with E-state index in [0.29, 0.717) is 12.8 Å². The molecule has 1 aliphatic rings. The van der Waals surface area contributed by atoms with Gasteiger partial charge in [0.15, 0.2) is 0 Å². The van der Waals surface area contributed by atoms with E-state index in [9.17, 15) is 9.18 Å². The highest BCUT2D eigenvalue weighted by Crippen LogP contribution is 2.25. The van der Waals surface area contributed by atoms with Crippen LogP contribution in [0.5, 0.6) is 0 Å². The maximum atomic E-state index is 13.1. The van der Waals surface area contributed by atoms with Gasteiger partial charge < -0.3 is 5.32 Å². The number of hydrogen-bond acceptors (Lipinski definition) is 1. The molecule has 1 aromatic rings. The van der Waals surface area contributed by atoms with Crippen LogP contribution < -0.4 is 5.32 Å². The van der Waals surface area contributed by atoms with E-state index in [1.165, 1.54) is 6.07 Å². The summed E-state index contributed by atoms with van der Waals surface area (Å²) < 4.78 is 13.1. The van der Waals surface area contributed by atoms with E-state index < -0.39 is 0 Å². The van der Waals surface area contributed by atoms with Crippen molar-refractivity contribution >= 4 is 5.91 Å². The van der Waals surface area contributed by atoms with Crippen LogP contribution in [0.1, 0.15) is 30.9 Å². The van der Waals surface area contributed by atoms with Crippen molar-refractivity contribution in [3.05, 3.63) is 35.1 Å². The van der Waals surface area contributed by atoms with Gasteiger partial charge in [-0.3, -0.25) is 4.79 Å². The zero-order chi connectivity index (χ0) is 11.8. The minimum atomic E-state index is -0.214. The lowest BCUT2D eigenvalue weighted by Gasteiger charge is -2.24. The molecule has 1 aromatic carbocycles. The fraction of sp³-hybridized carbons (Fsp3) is 0.462. The van der Waals surface area contributed by atoms with Crippen molar-refractivity contribution in [3.8, 4) is 0 Å². The van der Waals surface area contributed by atoms with Crippen LogP contribution >= 0.6 is 0 Å². The second kappa shape index (κ2) is 3.89. The lowest BCUT2D eigenvalue weighted by molar-refractivity contribution is -0.119. The molecular weight excluding hydrogens is 205 g/mol. The minimum Gasteiger partial charge on any atom is -0.351 e. The Hall–Kier alpha value is -1.38. The molecule has 0 aromatic heterocycles. The van der Waals surface area contributed by atoms with Gasteiger partial charge in [0.05, 0.1) is 0 Å². The maximum Gasteiger partial charge on any atom is 0.220 e. The van der Waals surface area contributed by atoms with Crippen molar-refractivity contribution in [2.45, 2.75) is 38.6 Å². The summed E-state index contributed by atoms with van der Waals surface area (Å²) in [5.41, 5.74) is 1.84. The van der Waals surface area contributed by atoms with Crippen molar-refractivity contribution in [2.75, 3.05) is 0 Å². The Kier molecular flexibility index (Phi) is 2.70. The number of benzene rings is 1. The first-order chi connectivity index (χ1) is 7.48. The van der Waals surface area contributed by atoms with E-state index in [4.69, 9.17) is 0 Å². The first-order valence-electron chi connectivity index (χ1n) is 5.55. The zero-order valence-corrected chi connectivity index (χ0v) is 9.64. The Balaban J connectivity index is 2.20. The van der Waals surface area contributed by atoms with Gasteiger partial charge in [-0.05, 0) is 49.9 Å². The summed E-state index contributed by atoms with van der Waals surface area (Å²) in [6.45, 7) is 3.98. The SMILES string of the molecule is Cc1ccc(F)cc1CC1(C)CCC(=O)N1. The fourth-order valence-corrected chi connectivity index (χ4v) is 2.23. The van der Waals surface area contributed by atoms with Crippen LogP contribution in [0.2, 0.25) is 0 Å². The van der Waals surface area contributed by atoms with Crippen molar-refractivity contribution in [2.24, 2.45) is 0 Å². The molecule has 1 unspecified atom stereocenters. The normalized spacial score (nSPS) is 24.6. The topological polar surface area (TPSA) is 29.1 Å². The van der Waals surface area contributed by atoms with Gasteiger partial charge in [0.1, 0.15) is 5.82 Å². The van der Waals surface area contributed by atoms with Gasteiger partial charge in [-0.15, -0.1) is 0 Å². The molecule has 1 aliphatic heterocycles. The molecule has 2 nitrogen and oxygen atoms in total. The number of hydrogen-bond donors (Lipinski definition) is 1. The number of nitrogens with one attached hydrogen (secondary N) is 1. The van der Waals surface area contributed by atoms with Crippen LogP contribution in [0.25, 0.3) is 0 Å². The molecule has 1 N–H and O–H groups in total. The first kappa shape index (κ1) is 11.1. The van der Waals surface area contributed by atoms with Gasteiger partial charge in [0.2, 0.25) is 5.91 Å². The van der Waals surface area contributed by atoms with E-state index in [1.54, 1.807) is 12.1 Å². The molecule has 86 valence electrons. The fourth-order valence-electron chi connectivity index (χ4n) is 2.23. The Morgan fingerprint density at radius 2 is 2.25 bits per heavy atom. The molecule has 0 radical (unpaired) electrons. The zero-order valence-electron chi connectivity index (χ0n) is 9.64. The molecular formula is C13H16FNO. The third-order valence-corrected chi connectivity index (χ3v) is 3.24. The number of carbonyl (C=O) groups excluding carboxylic acids is 1. The van der Waals surface area contributed by atoms with Crippen LogP contribution in [0.15, 0.2) is 18.2 Å². The summed E-state index contributed by atoms with van der Waals surface area (Å²) >= 11 is 0. The van der Waals surface area contributed by atoms with Gasteiger partial charge in [0.25, 0.3) is 0 Å². The number of rotatable bonds is 2. The van der Waals surface area contributed by atoms with Gasteiger partial charge in [0, 0.05) is 12.0 Å². The van der Waals surface area contributed by atoms with Crippen LogP contribution in [-0.4, -0.2) is 11.4 Å². The lowest BCUT2D eigenvalue weighted by Crippen LogP contribution is -2.40. The van der Waals surface area contributed by atoms with Gasteiger partial charge in [-0.25, -0.2) is 4.39 Å². The average molecular weight is 221 g/mol. The van der Waals surface area contributed by atoms with Crippen molar-refractivity contribution in [1.82, 2.24) is 5.32 Å². The van der Waals surface area contributed by atoms with Crippen molar-refractivity contribution in [1.29, 1.82) is 0 Å². The van der Waals surface area contributed by atoms with Crippen LogP contribution in [0.3, 0.4) is 0 Å². The lowest BCUT2D eigenvalue weighted by atomic mass is 9.89. The summed E-state index contributed by atoms with van der Waals surface area (Å²) in [6.07, 6.45) is 2.09. The highest BCUT2D eigenvalue weighted by molar-refractivity contribution is 5.79. The highest BCUT2D eigenvalue weighted by atomic mass is 19.1. The maximum absolute atomic E-state index is 13.1. The average Bonchev–Trinajstić information content (AvgIpc) is 2.52. The summed E-state index contributed by atoms with van der Waals surface area (Å²) in [5.74, 6) is -0.120. The van der Waals surface area contributed by atoms with E-state index in [1.807, 2.05) is 13.8 Å². The van der Waals surface area contributed by atoms with E-state index in [0.717, 1.165) is 17.5 Å². The van der Waals surface area contributed by atoms with Crippen molar-refractivity contribution < 1.29 is 9.18 Å². The van der Waals surface area contributed by atoms with E-state index in [-0.39, 0.29) is 17.3 Å². The van der Waals surface area contributed by atoms with E-state index in [2.05, 4.69) is 5.32 Å². The van der Waals surface area contributed by atoms with Crippen LogP contribution in [0.4, 0.5) is 4.39 Å². The monoisotopic (exact) mass is 221 g/mol. The summed E-state index contributed by atoms with van der Waals surface area (Å²) in [6, 6.07) is 4.81. The minimum absolute atomic E-state index is 0.0940.